The van der Waals surface area contributed by atoms with Gasteiger partial charge >= 0.3 is 5.97 Å². The van der Waals surface area contributed by atoms with E-state index in [0.717, 1.165) is 0 Å². The van der Waals surface area contributed by atoms with Gasteiger partial charge in [-0.2, -0.15) is 0 Å². The molecule has 0 atom stereocenters. The number of ether oxygens (including phenoxy) is 1. The summed E-state index contributed by atoms with van der Waals surface area (Å²) in [5.74, 6) is -0.812. The number of carboxylic acid groups (broad SMARTS) is 1. The van der Waals surface area contributed by atoms with E-state index in [1.807, 2.05) is 0 Å². The van der Waals surface area contributed by atoms with Crippen molar-refractivity contribution in [2.45, 2.75) is 45.8 Å². The van der Waals surface area contributed by atoms with Crippen LogP contribution in [0.2, 0.25) is 0 Å². The van der Waals surface area contributed by atoms with Crippen LogP contribution in [0.4, 0.5) is 0 Å². The number of aliphatic carboxylic acids is 1. The number of hydrogen-bond donors (Lipinski definition) is 1. The first kappa shape index (κ1) is 12.2. The summed E-state index contributed by atoms with van der Waals surface area (Å²) in [7, 11) is 0. The number of carboxylic acids is 1. The second kappa shape index (κ2) is 4.92. The highest BCUT2D eigenvalue weighted by molar-refractivity contribution is 5.66. The Labute approximate surface area is 101 Å². The molecule has 0 aliphatic heterocycles. The van der Waals surface area contributed by atoms with Crippen LogP contribution in [0.15, 0.2) is 6.07 Å². The van der Waals surface area contributed by atoms with Crippen LogP contribution in [0.25, 0.3) is 0 Å². The highest BCUT2D eigenvalue weighted by Gasteiger charge is 2.26. The summed E-state index contributed by atoms with van der Waals surface area (Å²) in [5, 5.41) is 8.51. The standard InChI is InChI=1S/C13H19NO3/c1-9-7-11(8-17-6-5-13(15)16)10(2)14(9)12-3-4-12/h7,12H,3-6,8H2,1-2H3,(H,15,16). The predicted molar refractivity (Wildman–Crippen MR) is 64.1 cm³/mol. The third kappa shape index (κ3) is 2.88. The van der Waals surface area contributed by atoms with E-state index in [2.05, 4.69) is 24.5 Å². The molecule has 0 saturated heterocycles. The summed E-state index contributed by atoms with van der Waals surface area (Å²) < 4.78 is 7.76. The Kier molecular flexibility index (Phi) is 3.52. The van der Waals surface area contributed by atoms with Crippen molar-refractivity contribution in [2.75, 3.05) is 6.61 Å². The molecule has 1 fully saturated rings. The Morgan fingerprint density at radius 3 is 2.82 bits per heavy atom. The van der Waals surface area contributed by atoms with Gasteiger partial charge in [0.15, 0.2) is 0 Å². The smallest absolute Gasteiger partial charge is 0.305 e. The summed E-state index contributed by atoms with van der Waals surface area (Å²) in [6.45, 7) is 5.02. The maximum absolute atomic E-state index is 10.3. The Morgan fingerprint density at radius 1 is 1.53 bits per heavy atom. The molecule has 0 aromatic carbocycles. The number of aryl methyl sites for hydroxylation is 1. The fourth-order valence-corrected chi connectivity index (χ4v) is 2.23. The zero-order chi connectivity index (χ0) is 12.4. The van der Waals surface area contributed by atoms with Crippen LogP contribution in [-0.2, 0) is 16.1 Å². The molecule has 1 aliphatic carbocycles. The van der Waals surface area contributed by atoms with Crippen LogP contribution in [0, 0.1) is 13.8 Å². The Morgan fingerprint density at radius 2 is 2.24 bits per heavy atom. The number of carbonyl (C=O) groups is 1. The molecular weight excluding hydrogens is 218 g/mol. The van der Waals surface area contributed by atoms with Crippen LogP contribution >= 0.6 is 0 Å². The number of rotatable bonds is 6. The monoisotopic (exact) mass is 237 g/mol. The fraction of sp³-hybridized carbons (Fsp3) is 0.615. The minimum Gasteiger partial charge on any atom is -0.481 e. The zero-order valence-electron chi connectivity index (χ0n) is 10.4. The lowest BCUT2D eigenvalue weighted by atomic mass is 10.2. The van der Waals surface area contributed by atoms with Gasteiger partial charge in [0.25, 0.3) is 0 Å². The molecule has 4 nitrogen and oxygen atoms in total. The summed E-state index contributed by atoms with van der Waals surface area (Å²) in [6, 6.07) is 2.83. The van der Waals surface area contributed by atoms with Crippen LogP contribution in [0.5, 0.6) is 0 Å². The van der Waals surface area contributed by atoms with Crippen molar-refractivity contribution in [3.8, 4) is 0 Å². The van der Waals surface area contributed by atoms with Gasteiger partial charge in [0, 0.05) is 17.4 Å². The average Bonchev–Trinajstić information content (AvgIpc) is 3.02. The van der Waals surface area contributed by atoms with Crippen LogP contribution < -0.4 is 0 Å². The Balaban J connectivity index is 1.92. The first-order valence-corrected chi connectivity index (χ1v) is 6.06. The number of hydrogen-bond acceptors (Lipinski definition) is 2. The molecule has 4 heteroatoms. The van der Waals surface area contributed by atoms with Gasteiger partial charge in [-0.3, -0.25) is 4.79 Å². The van der Waals surface area contributed by atoms with Crippen molar-refractivity contribution >= 4 is 5.97 Å². The minimum atomic E-state index is -0.812. The maximum Gasteiger partial charge on any atom is 0.305 e. The first-order chi connectivity index (χ1) is 8.09. The van der Waals surface area contributed by atoms with Crippen molar-refractivity contribution in [2.24, 2.45) is 0 Å². The van der Waals surface area contributed by atoms with E-state index in [-0.39, 0.29) is 13.0 Å². The molecule has 1 aromatic heterocycles. The molecule has 0 amide bonds. The summed E-state index contributed by atoms with van der Waals surface area (Å²) in [4.78, 5) is 10.3. The molecular formula is C13H19NO3. The highest BCUT2D eigenvalue weighted by Crippen LogP contribution is 2.38. The lowest BCUT2D eigenvalue weighted by Crippen LogP contribution is -2.04. The molecule has 17 heavy (non-hydrogen) atoms. The van der Waals surface area contributed by atoms with E-state index in [0.29, 0.717) is 12.6 Å². The highest BCUT2D eigenvalue weighted by atomic mass is 16.5. The van der Waals surface area contributed by atoms with Crippen molar-refractivity contribution in [1.82, 2.24) is 4.57 Å². The van der Waals surface area contributed by atoms with Gasteiger partial charge < -0.3 is 14.4 Å². The fourth-order valence-electron chi connectivity index (χ4n) is 2.23. The molecule has 1 saturated carbocycles. The van der Waals surface area contributed by atoms with Gasteiger partial charge in [0.1, 0.15) is 0 Å². The second-order valence-corrected chi connectivity index (χ2v) is 4.69. The molecule has 2 rings (SSSR count). The van der Waals surface area contributed by atoms with Crippen molar-refractivity contribution in [1.29, 1.82) is 0 Å². The van der Waals surface area contributed by atoms with Crippen LogP contribution in [0.1, 0.15) is 42.3 Å². The van der Waals surface area contributed by atoms with E-state index in [1.165, 1.54) is 29.8 Å². The average molecular weight is 237 g/mol. The zero-order valence-corrected chi connectivity index (χ0v) is 10.4. The maximum atomic E-state index is 10.3. The van der Waals surface area contributed by atoms with Gasteiger partial charge in [-0.05, 0) is 38.3 Å². The van der Waals surface area contributed by atoms with Gasteiger partial charge in [-0.25, -0.2) is 0 Å². The molecule has 0 spiro atoms. The summed E-state index contributed by atoms with van der Waals surface area (Å²) in [6.07, 6.45) is 2.62. The minimum absolute atomic E-state index is 0.0708. The molecule has 94 valence electrons. The van der Waals surface area contributed by atoms with Gasteiger partial charge in [0.2, 0.25) is 0 Å². The summed E-state index contributed by atoms with van der Waals surface area (Å²) in [5.41, 5.74) is 3.72. The largest absolute Gasteiger partial charge is 0.481 e. The molecule has 1 aliphatic rings. The molecule has 1 N–H and O–H groups in total. The van der Waals surface area contributed by atoms with E-state index in [1.54, 1.807) is 0 Å². The van der Waals surface area contributed by atoms with Gasteiger partial charge in [0.05, 0.1) is 19.6 Å². The van der Waals surface area contributed by atoms with E-state index >= 15 is 0 Å². The second-order valence-electron chi connectivity index (χ2n) is 4.69. The number of nitrogens with zero attached hydrogens (tertiary/aromatic N) is 1. The SMILES string of the molecule is Cc1cc(COCCC(=O)O)c(C)n1C1CC1. The van der Waals surface area contributed by atoms with E-state index in [4.69, 9.17) is 9.84 Å². The summed E-state index contributed by atoms with van der Waals surface area (Å²) >= 11 is 0. The third-order valence-corrected chi connectivity index (χ3v) is 3.22. The van der Waals surface area contributed by atoms with Crippen molar-refractivity contribution in [3.63, 3.8) is 0 Å². The van der Waals surface area contributed by atoms with Crippen LogP contribution in [-0.4, -0.2) is 22.2 Å². The van der Waals surface area contributed by atoms with E-state index < -0.39 is 5.97 Å². The molecule has 0 radical (unpaired) electrons. The number of aromatic nitrogens is 1. The quantitative estimate of drug-likeness (QED) is 0.773. The molecule has 0 unspecified atom stereocenters. The lowest BCUT2D eigenvalue weighted by Gasteiger charge is -2.08. The Hall–Kier alpha value is -1.29. The van der Waals surface area contributed by atoms with E-state index in [9.17, 15) is 4.79 Å². The van der Waals surface area contributed by atoms with Crippen molar-refractivity contribution in [3.05, 3.63) is 23.0 Å². The first-order valence-electron chi connectivity index (χ1n) is 6.06. The lowest BCUT2D eigenvalue weighted by molar-refractivity contribution is -0.138. The molecule has 1 heterocycles. The molecule has 1 aromatic rings. The third-order valence-electron chi connectivity index (χ3n) is 3.22. The van der Waals surface area contributed by atoms with Crippen LogP contribution in [0.3, 0.4) is 0 Å². The topological polar surface area (TPSA) is 51.5 Å². The van der Waals surface area contributed by atoms with Crippen molar-refractivity contribution < 1.29 is 14.6 Å². The predicted octanol–water partition coefficient (Wildman–Crippen LogP) is 2.43. The Bertz CT molecular complexity index is 419. The van der Waals surface area contributed by atoms with Gasteiger partial charge in [-0.15, -0.1) is 0 Å². The molecule has 0 bridgehead atoms. The normalized spacial score (nSPS) is 15.2. The van der Waals surface area contributed by atoms with Gasteiger partial charge in [-0.1, -0.05) is 0 Å².